The van der Waals surface area contributed by atoms with Crippen LogP contribution in [-0.2, 0) is 6.54 Å². The van der Waals surface area contributed by atoms with Crippen molar-refractivity contribution in [1.82, 2.24) is 10.2 Å². The van der Waals surface area contributed by atoms with Crippen molar-refractivity contribution in [1.29, 1.82) is 0 Å². The minimum absolute atomic E-state index is 0.180. The SMILES string of the molecule is C[C@H]1[C@H]2CN(Cc3ccccc3)C[C@@]21NC(=O)O. The molecule has 4 heteroatoms. The second kappa shape index (κ2) is 3.99. The molecule has 1 aromatic carbocycles. The Morgan fingerprint density at radius 1 is 1.50 bits per heavy atom. The number of nitrogens with one attached hydrogen (secondary N) is 1. The number of hydrogen-bond acceptors (Lipinski definition) is 2. The van der Waals surface area contributed by atoms with Crippen molar-refractivity contribution >= 4 is 6.09 Å². The molecule has 96 valence electrons. The maximum Gasteiger partial charge on any atom is 0.405 e. The molecule has 1 heterocycles. The summed E-state index contributed by atoms with van der Waals surface area (Å²) < 4.78 is 0. The van der Waals surface area contributed by atoms with Crippen molar-refractivity contribution < 1.29 is 9.90 Å². The summed E-state index contributed by atoms with van der Waals surface area (Å²) in [6, 6.07) is 10.3. The largest absolute Gasteiger partial charge is 0.465 e. The lowest BCUT2D eigenvalue weighted by Crippen LogP contribution is -2.43. The van der Waals surface area contributed by atoms with Gasteiger partial charge in [0.2, 0.25) is 0 Å². The van der Waals surface area contributed by atoms with E-state index in [4.69, 9.17) is 5.11 Å². The van der Waals surface area contributed by atoms with Gasteiger partial charge in [-0.05, 0) is 11.5 Å². The molecule has 3 atom stereocenters. The highest BCUT2D eigenvalue weighted by atomic mass is 16.4. The Morgan fingerprint density at radius 2 is 2.22 bits per heavy atom. The average Bonchev–Trinajstić information content (AvgIpc) is 2.71. The van der Waals surface area contributed by atoms with Crippen LogP contribution in [0.2, 0.25) is 0 Å². The molecule has 4 nitrogen and oxygen atoms in total. The zero-order valence-electron chi connectivity index (χ0n) is 10.5. The van der Waals surface area contributed by atoms with Gasteiger partial charge >= 0.3 is 6.09 Å². The van der Waals surface area contributed by atoms with E-state index in [0.29, 0.717) is 11.8 Å². The third-order valence-corrected chi connectivity index (χ3v) is 4.50. The van der Waals surface area contributed by atoms with Crippen molar-refractivity contribution in [3.63, 3.8) is 0 Å². The summed E-state index contributed by atoms with van der Waals surface area (Å²) in [6.45, 7) is 4.88. The lowest BCUT2D eigenvalue weighted by Gasteiger charge is -2.22. The quantitative estimate of drug-likeness (QED) is 0.854. The van der Waals surface area contributed by atoms with Gasteiger partial charge in [-0.3, -0.25) is 4.90 Å². The normalized spacial score (nSPS) is 34.1. The first-order chi connectivity index (χ1) is 8.62. The van der Waals surface area contributed by atoms with Crippen LogP contribution in [0.4, 0.5) is 4.79 Å². The highest BCUT2D eigenvalue weighted by Crippen LogP contribution is 2.55. The van der Waals surface area contributed by atoms with E-state index in [0.717, 1.165) is 19.6 Å². The molecule has 1 amide bonds. The van der Waals surface area contributed by atoms with Gasteiger partial charge in [0.25, 0.3) is 0 Å². The number of carboxylic acid groups (broad SMARTS) is 1. The third-order valence-electron chi connectivity index (χ3n) is 4.50. The summed E-state index contributed by atoms with van der Waals surface area (Å²) in [7, 11) is 0. The van der Waals surface area contributed by atoms with Crippen LogP contribution in [0.15, 0.2) is 30.3 Å². The van der Waals surface area contributed by atoms with Gasteiger partial charge in [-0.2, -0.15) is 0 Å². The van der Waals surface area contributed by atoms with Gasteiger partial charge in [-0.1, -0.05) is 37.3 Å². The number of fused-ring (bicyclic) bond motifs is 1. The summed E-state index contributed by atoms with van der Waals surface area (Å²) in [4.78, 5) is 13.2. The lowest BCUT2D eigenvalue weighted by atomic mass is 10.2. The molecule has 1 aliphatic heterocycles. The first kappa shape index (κ1) is 11.5. The Morgan fingerprint density at radius 3 is 2.89 bits per heavy atom. The van der Waals surface area contributed by atoms with Crippen molar-refractivity contribution in [2.45, 2.75) is 19.0 Å². The van der Waals surface area contributed by atoms with E-state index in [2.05, 4.69) is 29.3 Å². The van der Waals surface area contributed by atoms with Gasteiger partial charge in [0.1, 0.15) is 0 Å². The Labute approximate surface area is 107 Å². The van der Waals surface area contributed by atoms with Crippen LogP contribution < -0.4 is 5.32 Å². The lowest BCUT2D eigenvalue weighted by molar-refractivity contribution is 0.182. The molecule has 0 aromatic heterocycles. The molecule has 1 saturated heterocycles. The van der Waals surface area contributed by atoms with Crippen LogP contribution in [0.5, 0.6) is 0 Å². The maximum absolute atomic E-state index is 10.9. The second-order valence-electron chi connectivity index (χ2n) is 5.52. The fourth-order valence-electron chi connectivity index (χ4n) is 3.43. The molecule has 1 aromatic rings. The highest BCUT2D eigenvalue weighted by Gasteiger charge is 2.67. The number of carbonyl (C=O) groups is 1. The fraction of sp³-hybridized carbons (Fsp3) is 0.500. The van der Waals surface area contributed by atoms with Crippen LogP contribution in [0.3, 0.4) is 0 Å². The Kier molecular flexibility index (Phi) is 2.55. The molecule has 1 aliphatic carbocycles. The Balaban J connectivity index is 1.65. The van der Waals surface area contributed by atoms with E-state index in [1.54, 1.807) is 0 Å². The predicted molar refractivity (Wildman–Crippen MR) is 68.3 cm³/mol. The van der Waals surface area contributed by atoms with Crippen molar-refractivity contribution in [2.75, 3.05) is 13.1 Å². The van der Waals surface area contributed by atoms with Crippen LogP contribution in [0.25, 0.3) is 0 Å². The van der Waals surface area contributed by atoms with E-state index in [-0.39, 0.29) is 5.54 Å². The molecule has 2 fully saturated rings. The summed E-state index contributed by atoms with van der Waals surface area (Å²) >= 11 is 0. The first-order valence-electron chi connectivity index (χ1n) is 6.39. The standard InChI is InChI=1S/C14H18N2O2/c1-10-12-8-16(7-11-5-3-2-4-6-11)9-14(10,12)15-13(17)18/h2-6,10,12,15H,7-9H2,1H3,(H,17,18)/t10-,12+,14-/m0/s1. The molecule has 2 N–H and O–H groups in total. The van der Waals surface area contributed by atoms with Crippen molar-refractivity contribution in [3.8, 4) is 0 Å². The van der Waals surface area contributed by atoms with Crippen LogP contribution in [0, 0.1) is 11.8 Å². The average molecular weight is 246 g/mol. The number of rotatable bonds is 3. The fourth-order valence-corrected chi connectivity index (χ4v) is 3.43. The zero-order valence-corrected chi connectivity index (χ0v) is 10.5. The molecule has 2 aliphatic rings. The first-order valence-corrected chi connectivity index (χ1v) is 6.39. The van der Waals surface area contributed by atoms with E-state index >= 15 is 0 Å². The highest BCUT2D eigenvalue weighted by molar-refractivity contribution is 5.67. The number of nitrogens with zero attached hydrogens (tertiary/aromatic N) is 1. The third kappa shape index (κ3) is 1.77. The van der Waals surface area contributed by atoms with Gasteiger partial charge < -0.3 is 10.4 Å². The van der Waals surface area contributed by atoms with Crippen molar-refractivity contribution in [3.05, 3.63) is 35.9 Å². The van der Waals surface area contributed by atoms with E-state index in [9.17, 15) is 4.79 Å². The van der Waals surface area contributed by atoms with Gasteiger partial charge in [-0.25, -0.2) is 4.79 Å². The van der Waals surface area contributed by atoms with E-state index in [1.165, 1.54) is 5.56 Å². The maximum atomic E-state index is 10.9. The topological polar surface area (TPSA) is 52.6 Å². The van der Waals surface area contributed by atoms with Crippen LogP contribution in [0.1, 0.15) is 12.5 Å². The molecular formula is C14H18N2O2. The number of piperidine rings is 1. The summed E-state index contributed by atoms with van der Waals surface area (Å²) in [5, 5.41) is 11.7. The van der Waals surface area contributed by atoms with E-state index in [1.807, 2.05) is 18.2 Å². The number of amides is 1. The monoisotopic (exact) mass is 246 g/mol. The second-order valence-corrected chi connectivity index (χ2v) is 5.52. The summed E-state index contributed by atoms with van der Waals surface area (Å²) in [5.74, 6) is 0.956. The van der Waals surface area contributed by atoms with Gasteiger partial charge in [0.15, 0.2) is 0 Å². The Hall–Kier alpha value is -1.55. The molecular weight excluding hydrogens is 228 g/mol. The molecule has 0 unspecified atom stereocenters. The number of likely N-dealkylation sites (tertiary alicyclic amines) is 1. The van der Waals surface area contributed by atoms with Crippen LogP contribution >= 0.6 is 0 Å². The van der Waals surface area contributed by atoms with Gasteiger partial charge in [-0.15, -0.1) is 0 Å². The number of benzene rings is 1. The minimum Gasteiger partial charge on any atom is -0.465 e. The predicted octanol–water partition coefficient (Wildman–Crippen LogP) is 1.77. The van der Waals surface area contributed by atoms with E-state index < -0.39 is 6.09 Å². The summed E-state index contributed by atoms with van der Waals surface area (Å²) in [6.07, 6.45) is -0.897. The summed E-state index contributed by atoms with van der Waals surface area (Å²) in [5.41, 5.74) is 1.11. The molecule has 1 saturated carbocycles. The zero-order chi connectivity index (χ0) is 12.8. The smallest absolute Gasteiger partial charge is 0.405 e. The minimum atomic E-state index is -0.897. The van der Waals surface area contributed by atoms with Crippen molar-refractivity contribution in [2.24, 2.45) is 11.8 Å². The molecule has 0 bridgehead atoms. The number of hydrogen-bond donors (Lipinski definition) is 2. The van der Waals surface area contributed by atoms with Gasteiger partial charge in [0.05, 0.1) is 5.54 Å². The van der Waals surface area contributed by atoms with Crippen LogP contribution in [-0.4, -0.2) is 34.7 Å². The molecule has 3 rings (SSSR count). The molecule has 0 radical (unpaired) electrons. The molecule has 18 heavy (non-hydrogen) atoms. The van der Waals surface area contributed by atoms with Gasteiger partial charge in [0, 0.05) is 25.6 Å². The Bertz CT molecular complexity index is 462. The molecule has 0 spiro atoms.